The SMILES string of the molecule is Cc1ccc(NC(=O)c2cccc3cc(-c4cccc5c4c(N)nn5C(=O)c4ccccc4)ccc23)cc1F. The quantitative estimate of drug-likeness (QED) is 0.270. The molecule has 0 aliphatic carbocycles. The van der Waals surface area contributed by atoms with Gasteiger partial charge in [-0.05, 0) is 76.9 Å². The Kier molecular flexibility index (Phi) is 5.88. The summed E-state index contributed by atoms with van der Waals surface area (Å²) < 4.78 is 15.3. The van der Waals surface area contributed by atoms with Crippen LogP contribution in [0.25, 0.3) is 32.8 Å². The maximum atomic E-state index is 14.0. The van der Waals surface area contributed by atoms with Gasteiger partial charge < -0.3 is 11.1 Å². The lowest BCUT2D eigenvalue weighted by Crippen LogP contribution is -2.13. The Hall–Kier alpha value is -5.30. The first-order valence-corrected chi connectivity index (χ1v) is 12.4. The Balaban J connectivity index is 1.39. The predicted molar refractivity (Wildman–Crippen MR) is 152 cm³/mol. The number of aryl methyl sites for hydroxylation is 1. The number of hydrogen-bond acceptors (Lipinski definition) is 4. The zero-order chi connectivity index (χ0) is 27.1. The number of carbonyl (C=O) groups excluding carboxylic acids is 2. The van der Waals surface area contributed by atoms with Gasteiger partial charge in [-0.25, -0.2) is 4.39 Å². The number of rotatable bonds is 4. The Labute approximate surface area is 223 Å². The molecule has 190 valence electrons. The van der Waals surface area contributed by atoms with Crippen LogP contribution in [0, 0.1) is 12.7 Å². The van der Waals surface area contributed by atoms with E-state index in [0.717, 1.165) is 21.9 Å². The van der Waals surface area contributed by atoms with E-state index in [4.69, 9.17) is 5.73 Å². The van der Waals surface area contributed by atoms with E-state index in [1.807, 2.05) is 54.6 Å². The molecule has 1 aromatic heterocycles. The summed E-state index contributed by atoms with van der Waals surface area (Å²) in [5, 5.41) is 9.43. The lowest BCUT2D eigenvalue weighted by atomic mass is 9.96. The number of carbonyl (C=O) groups is 2. The van der Waals surface area contributed by atoms with Crippen LogP contribution in [0.15, 0.2) is 103 Å². The second-order valence-corrected chi connectivity index (χ2v) is 9.33. The fourth-order valence-corrected chi connectivity index (χ4v) is 4.81. The zero-order valence-corrected chi connectivity index (χ0v) is 21.0. The van der Waals surface area contributed by atoms with Gasteiger partial charge in [0.25, 0.3) is 11.8 Å². The molecule has 1 heterocycles. The van der Waals surface area contributed by atoms with Crippen molar-refractivity contribution in [1.29, 1.82) is 0 Å². The number of hydrogen-bond donors (Lipinski definition) is 2. The highest BCUT2D eigenvalue weighted by Crippen LogP contribution is 2.35. The first-order valence-electron chi connectivity index (χ1n) is 12.4. The van der Waals surface area contributed by atoms with Crippen LogP contribution in [0.5, 0.6) is 0 Å². The van der Waals surface area contributed by atoms with E-state index in [-0.39, 0.29) is 23.4 Å². The van der Waals surface area contributed by atoms with Crippen LogP contribution >= 0.6 is 0 Å². The molecule has 3 N–H and O–H groups in total. The lowest BCUT2D eigenvalue weighted by molar-refractivity contribution is 0.0950. The Bertz CT molecular complexity index is 1910. The summed E-state index contributed by atoms with van der Waals surface area (Å²) in [6, 6.07) is 30.4. The van der Waals surface area contributed by atoms with Gasteiger partial charge in [-0.1, -0.05) is 60.7 Å². The number of nitrogens with two attached hydrogens (primary N) is 1. The smallest absolute Gasteiger partial charge is 0.278 e. The van der Waals surface area contributed by atoms with Crippen molar-refractivity contribution in [2.45, 2.75) is 6.92 Å². The molecule has 0 aliphatic heterocycles. The van der Waals surface area contributed by atoms with Crippen molar-refractivity contribution in [2.24, 2.45) is 0 Å². The number of benzene rings is 5. The maximum absolute atomic E-state index is 14.0. The molecule has 0 saturated carbocycles. The maximum Gasteiger partial charge on any atom is 0.278 e. The average molecular weight is 515 g/mol. The van der Waals surface area contributed by atoms with Gasteiger partial charge in [-0.2, -0.15) is 4.68 Å². The van der Waals surface area contributed by atoms with Gasteiger partial charge in [0.05, 0.1) is 10.9 Å². The van der Waals surface area contributed by atoms with Crippen molar-refractivity contribution >= 4 is 45.0 Å². The van der Waals surface area contributed by atoms with Crippen LogP contribution in [-0.4, -0.2) is 21.6 Å². The van der Waals surface area contributed by atoms with Gasteiger partial charge in [-0.3, -0.25) is 9.59 Å². The highest BCUT2D eigenvalue weighted by atomic mass is 19.1. The number of nitrogen functional groups attached to an aromatic ring is 1. The minimum absolute atomic E-state index is 0.253. The zero-order valence-electron chi connectivity index (χ0n) is 21.0. The summed E-state index contributed by atoms with van der Waals surface area (Å²) in [5.74, 6) is -0.721. The molecule has 5 aromatic carbocycles. The molecule has 0 fully saturated rings. The standard InChI is InChI=1S/C32H23FN4O2/c1-19-13-15-23(18-27(19)33)35-31(38)26-11-5-9-21-17-22(14-16-24(21)26)25-10-6-12-28-29(25)30(34)36-37(28)32(39)20-7-3-2-4-8-20/h2-18H,1H3,(H2,34,36)(H,35,38). The number of anilines is 2. The van der Waals surface area contributed by atoms with E-state index in [1.165, 1.54) is 10.7 Å². The first kappa shape index (κ1) is 24.1. The Morgan fingerprint density at radius 3 is 2.46 bits per heavy atom. The van der Waals surface area contributed by atoms with Crippen molar-refractivity contribution in [1.82, 2.24) is 9.78 Å². The number of nitrogens with one attached hydrogen (secondary N) is 1. The Morgan fingerprint density at radius 1 is 0.872 bits per heavy atom. The van der Waals surface area contributed by atoms with Crippen molar-refractivity contribution in [3.8, 4) is 11.1 Å². The number of amides is 1. The van der Waals surface area contributed by atoms with E-state index < -0.39 is 0 Å². The van der Waals surface area contributed by atoms with Gasteiger partial charge in [0.15, 0.2) is 5.82 Å². The summed E-state index contributed by atoms with van der Waals surface area (Å²) in [6.45, 7) is 1.67. The molecule has 1 amide bonds. The molecule has 0 unspecified atom stereocenters. The molecule has 6 nitrogen and oxygen atoms in total. The molecule has 0 bridgehead atoms. The van der Waals surface area contributed by atoms with Crippen LogP contribution in [0.3, 0.4) is 0 Å². The molecule has 0 atom stereocenters. The van der Waals surface area contributed by atoms with Crippen molar-refractivity contribution in [3.05, 3.63) is 126 Å². The van der Waals surface area contributed by atoms with E-state index in [9.17, 15) is 14.0 Å². The second kappa shape index (κ2) is 9.54. The van der Waals surface area contributed by atoms with E-state index in [0.29, 0.717) is 33.3 Å². The Morgan fingerprint density at radius 2 is 1.67 bits per heavy atom. The largest absolute Gasteiger partial charge is 0.382 e. The van der Waals surface area contributed by atoms with Crippen LogP contribution in [0.2, 0.25) is 0 Å². The van der Waals surface area contributed by atoms with E-state index >= 15 is 0 Å². The monoisotopic (exact) mass is 514 g/mol. The number of nitrogens with zero attached hydrogens (tertiary/aromatic N) is 2. The van der Waals surface area contributed by atoms with Crippen LogP contribution in [0.4, 0.5) is 15.9 Å². The van der Waals surface area contributed by atoms with E-state index in [1.54, 1.807) is 49.4 Å². The van der Waals surface area contributed by atoms with Crippen LogP contribution in [0.1, 0.15) is 26.3 Å². The average Bonchev–Trinajstić information content (AvgIpc) is 3.31. The number of halogens is 1. The van der Waals surface area contributed by atoms with Gasteiger partial charge >= 0.3 is 0 Å². The van der Waals surface area contributed by atoms with Gasteiger partial charge in [0.2, 0.25) is 0 Å². The van der Waals surface area contributed by atoms with Crippen molar-refractivity contribution < 1.29 is 14.0 Å². The van der Waals surface area contributed by atoms with E-state index in [2.05, 4.69) is 10.4 Å². The molecule has 0 radical (unpaired) electrons. The second-order valence-electron chi connectivity index (χ2n) is 9.33. The molecule has 7 heteroatoms. The summed E-state index contributed by atoms with van der Waals surface area (Å²) in [5.41, 5.74) is 10.5. The molecular formula is C32H23FN4O2. The fraction of sp³-hybridized carbons (Fsp3) is 0.0312. The van der Waals surface area contributed by atoms with Gasteiger partial charge in [-0.15, -0.1) is 5.10 Å². The lowest BCUT2D eigenvalue weighted by Gasteiger charge is -2.11. The fourth-order valence-electron chi connectivity index (χ4n) is 4.81. The van der Waals surface area contributed by atoms with Crippen LogP contribution in [-0.2, 0) is 0 Å². The van der Waals surface area contributed by atoms with Crippen molar-refractivity contribution in [2.75, 3.05) is 11.1 Å². The van der Waals surface area contributed by atoms with Crippen LogP contribution < -0.4 is 11.1 Å². The summed E-state index contributed by atoms with van der Waals surface area (Å²) in [4.78, 5) is 26.2. The normalized spacial score (nSPS) is 11.1. The number of aromatic nitrogens is 2. The molecule has 6 rings (SSSR count). The molecular weight excluding hydrogens is 491 g/mol. The third kappa shape index (κ3) is 4.30. The third-order valence-electron chi connectivity index (χ3n) is 6.81. The number of fused-ring (bicyclic) bond motifs is 2. The third-order valence-corrected chi connectivity index (χ3v) is 6.81. The topological polar surface area (TPSA) is 90.0 Å². The summed E-state index contributed by atoms with van der Waals surface area (Å²) >= 11 is 0. The highest BCUT2D eigenvalue weighted by Gasteiger charge is 2.19. The summed E-state index contributed by atoms with van der Waals surface area (Å²) in [7, 11) is 0. The molecule has 0 spiro atoms. The minimum Gasteiger partial charge on any atom is -0.382 e. The predicted octanol–water partition coefficient (Wildman–Crippen LogP) is 6.83. The first-order chi connectivity index (χ1) is 18.9. The highest BCUT2D eigenvalue weighted by molar-refractivity contribution is 6.14. The van der Waals surface area contributed by atoms with Gasteiger partial charge in [0, 0.05) is 16.8 Å². The molecule has 39 heavy (non-hydrogen) atoms. The molecule has 0 saturated heterocycles. The molecule has 6 aromatic rings. The summed E-state index contributed by atoms with van der Waals surface area (Å²) in [6.07, 6.45) is 0. The van der Waals surface area contributed by atoms with Gasteiger partial charge in [0.1, 0.15) is 5.82 Å². The minimum atomic E-state index is -0.377. The van der Waals surface area contributed by atoms with Crippen molar-refractivity contribution in [3.63, 3.8) is 0 Å². The molecule has 0 aliphatic rings.